The number of allylic oxidation sites excluding steroid dienone is 1. The average molecular weight is 153 g/mol. The van der Waals surface area contributed by atoms with Crippen LogP contribution in [-0.2, 0) is 9.59 Å². The van der Waals surface area contributed by atoms with Crippen LogP contribution in [0.2, 0.25) is 0 Å². The van der Waals surface area contributed by atoms with Crippen molar-refractivity contribution in [3.8, 4) is 0 Å². The van der Waals surface area contributed by atoms with Crippen molar-refractivity contribution in [3.05, 3.63) is 12.3 Å². The smallest absolute Gasteiger partial charge is 0.227 e. The summed E-state index contributed by atoms with van der Waals surface area (Å²) in [5, 5.41) is 0. The van der Waals surface area contributed by atoms with E-state index in [1.54, 1.807) is 6.20 Å². The maximum Gasteiger partial charge on any atom is 0.227 e. The highest BCUT2D eigenvalue weighted by atomic mass is 16.2. The molecule has 1 rings (SSSR count). The third-order valence-corrected chi connectivity index (χ3v) is 1.52. The molecule has 0 bridgehead atoms. The summed E-state index contributed by atoms with van der Waals surface area (Å²) in [4.78, 5) is 23.1. The number of hydrogen-bond acceptors (Lipinski definition) is 2. The molecule has 0 aromatic rings. The standard InChI is InChI=1S/C8H11NO2/c1-7(10)6-9-5-3-2-4-8(9)11/h3,5H,2,4,6H2,1H3. The lowest BCUT2D eigenvalue weighted by Crippen LogP contribution is -2.31. The fourth-order valence-corrected chi connectivity index (χ4v) is 1.02. The maximum absolute atomic E-state index is 11.1. The minimum atomic E-state index is 0.0184. The molecule has 0 fully saturated rings. The number of rotatable bonds is 2. The second-order valence-electron chi connectivity index (χ2n) is 2.65. The summed E-state index contributed by atoms with van der Waals surface area (Å²) < 4.78 is 0. The van der Waals surface area contributed by atoms with Gasteiger partial charge in [-0.15, -0.1) is 0 Å². The van der Waals surface area contributed by atoms with Crippen molar-refractivity contribution in [3.63, 3.8) is 0 Å². The number of carbonyl (C=O) groups is 2. The molecule has 11 heavy (non-hydrogen) atoms. The van der Waals surface area contributed by atoms with Gasteiger partial charge >= 0.3 is 0 Å². The zero-order valence-corrected chi connectivity index (χ0v) is 6.54. The van der Waals surface area contributed by atoms with Gasteiger partial charge in [-0.2, -0.15) is 0 Å². The van der Waals surface area contributed by atoms with Crippen molar-refractivity contribution in [1.29, 1.82) is 0 Å². The van der Waals surface area contributed by atoms with Crippen LogP contribution in [0.1, 0.15) is 19.8 Å². The summed E-state index contributed by atoms with van der Waals surface area (Å²) in [7, 11) is 0. The molecule has 60 valence electrons. The minimum Gasteiger partial charge on any atom is -0.312 e. The molecule has 0 unspecified atom stereocenters. The fourth-order valence-electron chi connectivity index (χ4n) is 1.02. The quantitative estimate of drug-likeness (QED) is 0.586. The van der Waals surface area contributed by atoms with Crippen molar-refractivity contribution in [2.24, 2.45) is 0 Å². The van der Waals surface area contributed by atoms with Crippen LogP contribution >= 0.6 is 0 Å². The number of ketones is 1. The first-order chi connectivity index (χ1) is 5.20. The van der Waals surface area contributed by atoms with Crippen molar-refractivity contribution in [2.75, 3.05) is 6.54 Å². The Kier molecular flexibility index (Phi) is 2.41. The van der Waals surface area contributed by atoms with Crippen LogP contribution in [0.5, 0.6) is 0 Å². The summed E-state index contributed by atoms with van der Waals surface area (Å²) in [6.45, 7) is 1.70. The highest BCUT2D eigenvalue weighted by Crippen LogP contribution is 2.06. The molecule has 1 amide bonds. The normalized spacial score (nSPS) is 17.2. The van der Waals surface area contributed by atoms with Gasteiger partial charge < -0.3 is 4.90 Å². The maximum atomic E-state index is 11.1. The lowest BCUT2D eigenvalue weighted by atomic mass is 10.2. The molecule has 0 spiro atoms. The van der Waals surface area contributed by atoms with E-state index < -0.39 is 0 Å². The van der Waals surface area contributed by atoms with Gasteiger partial charge in [-0.05, 0) is 13.3 Å². The summed E-state index contributed by atoms with van der Waals surface area (Å²) in [5.41, 5.74) is 0. The molecule has 3 nitrogen and oxygen atoms in total. The summed E-state index contributed by atoms with van der Waals surface area (Å²) in [6.07, 6.45) is 4.93. The first kappa shape index (κ1) is 7.98. The van der Waals surface area contributed by atoms with Gasteiger partial charge in [0.25, 0.3) is 0 Å². The van der Waals surface area contributed by atoms with Crippen LogP contribution in [0.3, 0.4) is 0 Å². The van der Waals surface area contributed by atoms with E-state index >= 15 is 0 Å². The molecule has 1 heterocycles. The van der Waals surface area contributed by atoms with Crippen LogP contribution in [-0.4, -0.2) is 23.1 Å². The van der Waals surface area contributed by atoms with E-state index in [1.165, 1.54) is 11.8 Å². The molecule has 3 heteroatoms. The Bertz CT molecular complexity index is 208. The Morgan fingerprint density at radius 3 is 3.00 bits per heavy atom. The van der Waals surface area contributed by atoms with Gasteiger partial charge in [-0.3, -0.25) is 9.59 Å². The molecule has 0 aromatic carbocycles. The lowest BCUT2D eigenvalue weighted by Gasteiger charge is -2.19. The Hall–Kier alpha value is -1.12. The average Bonchev–Trinajstić information content (AvgIpc) is 1.93. The number of nitrogens with zero attached hydrogens (tertiary/aromatic N) is 1. The monoisotopic (exact) mass is 153 g/mol. The molecule has 0 atom stereocenters. The van der Waals surface area contributed by atoms with Crippen LogP contribution < -0.4 is 0 Å². The van der Waals surface area contributed by atoms with Crippen molar-refractivity contribution < 1.29 is 9.59 Å². The van der Waals surface area contributed by atoms with Gasteiger partial charge in [0, 0.05) is 12.6 Å². The van der Waals surface area contributed by atoms with Crippen molar-refractivity contribution >= 4 is 11.7 Å². The molecule has 1 aliphatic heterocycles. The molecule has 0 saturated heterocycles. The molecular weight excluding hydrogens is 142 g/mol. The van der Waals surface area contributed by atoms with E-state index in [0.717, 1.165) is 6.42 Å². The highest BCUT2D eigenvalue weighted by Gasteiger charge is 2.14. The summed E-state index contributed by atoms with van der Waals surface area (Å²) in [6, 6.07) is 0. The van der Waals surface area contributed by atoms with E-state index in [2.05, 4.69) is 0 Å². The Morgan fingerprint density at radius 1 is 1.73 bits per heavy atom. The van der Waals surface area contributed by atoms with Crippen molar-refractivity contribution in [1.82, 2.24) is 4.90 Å². The molecule has 1 aliphatic rings. The second kappa shape index (κ2) is 3.32. The zero-order valence-electron chi connectivity index (χ0n) is 6.54. The molecule has 0 aromatic heterocycles. The van der Waals surface area contributed by atoms with E-state index in [-0.39, 0.29) is 18.2 Å². The lowest BCUT2D eigenvalue weighted by molar-refractivity contribution is -0.132. The molecule has 0 aliphatic carbocycles. The van der Waals surface area contributed by atoms with E-state index in [9.17, 15) is 9.59 Å². The SMILES string of the molecule is CC(=O)CN1C=CCCC1=O. The first-order valence-corrected chi connectivity index (χ1v) is 3.65. The van der Waals surface area contributed by atoms with Gasteiger partial charge in [0.15, 0.2) is 0 Å². The zero-order chi connectivity index (χ0) is 8.27. The molecule has 0 N–H and O–H groups in total. The van der Waals surface area contributed by atoms with Crippen LogP contribution in [0, 0.1) is 0 Å². The number of hydrogen-bond donors (Lipinski definition) is 0. The van der Waals surface area contributed by atoms with Gasteiger partial charge in [-0.25, -0.2) is 0 Å². The molecular formula is C8H11NO2. The second-order valence-corrected chi connectivity index (χ2v) is 2.65. The number of carbonyl (C=O) groups excluding carboxylic acids is 2. The van der Waals surface area contributed by atoms with Crippen LogP contribution in [0.15, 0.2) is 12.3 Å². The number of amides is 1. The Morgan fingerprint density at radius 2 is 2.45 bits per heavy atom. The topological polar surface area (TPSA) is 37.4 Å². The van der Waals surface area contributed by atoms with Crippen LogP contribution in [0.25, 0.3) is 0 Å². The van der Waals surface area contributed by atoms with Gasteiger partial charge in [0.1, 0.15) is 5.78 Å². The van der Waals surface area contributed by atoms with Crippen molar-refractivity contribution in [2.45, 2.75) is 19.8 Å². The van der Waals surface area contributed by atoms with E-state index in [1.807, 2.05) is 6.08 Å². The number of Topliss-reactive ketones (excluding diaryl/α,β-unsaturated/α-hetero) is 1. The minimum absolute atomic E-state index is 0.0184. The Labute approximate surface area is 65.7 Å². The third-order valence-electron chi connectivity index (χ3n) is 1.52. The Balaban J connectivity index is 2.55. The van der Waals surface area contributed by atoms with Gasteiger partial charge in [-0.1, -0.05) is 6.08 Å². The van der Waals surface area contributed by atoms with Gasteiger partial charge in [0.05, 0.1) is 6.54 Å². The predicted molar refractivity (Wildman–Crippen MR) is 40.8 cm³/mol. The molecule has 0 saturated carbocycles. The molecule has 0 radical (unpaired) electrons. The fraction of sp³-hybridized carbons (Fsp3) is 0.500. The summed E-state index contributed by atoms with van der Waals surface area (Å²) in [5.74, 6) is 0.0626. The largest absolute Gasteiger partial charge is 0.312 e. The summed E-state index contributed by atoms with van der Waals surface area (Å²) >= 11 is 0. The van der Waals surface area contributed by atoms with Gasteiger partial charge in [0.2, 0.25) is 5.91 Å². The first-order valence-electron chi connectivity index (χ1n) is 3.65. The van der Waals surface area contributed by atoms with Crippen LogP contribution in [0.4, 0.5) is 0 Å². The third kappa shape index (κ3) is 2.18. The highest BCUT2D eigenvalue weighted by molar-refractivity contribution is 5.85. The van der Waals surface area contributed by atoms with E-state index in [4.69, 9.17) is 0 Å². The van der Waals surface area contributed by atoms with E-state index in [0.29, 0.717) is 6.42 Å². The predicted octanol–water partition coefficient (Wildman–Crippen LogP) is 0.712.